The van der Waals surface area contributed by atoms with Crippen LogP contribution in [0.1, 0.15) is 48.6 Å². The van der Waals surface area contributed by atoms with Gasteiger partial charge in [0.2, 0.25) is 0 Å². The molecule has 29 heavy (non-hydrogen) atoms. The number of aromatic nitrogens is 2. The summed E-state index contributed by atoms with van der Waals surface area (Å²) in [6.45, 7) is 4.03. The molecule has 1 aliphatic heterocycles. The Morgan fingerprint density at radius 1 is 1.45 bits per heavy atom. The van der Waals surface area contributed by atoms with Gasteiger partial charge in [0, 0.05) is 18.2 Å². The quantitative estimate of drug-likeness (QED) is 0.688. The molecule has 7 nitrogen and oxygen atoms in total. The largest absolute Gasteiger partial charge is 0.394 e. The standard InChI is InChI=1S/C20H24ClFN4O3/c1-11(2)5-19-23-7-13-16(24-19)8-26(9-18(13)28)20(29)25-17(10-27)12-3-4-15(22)14(21)6-12/h3-4,6-7,11,17-18,27-28H,5,8-10H2,1-2H3,(H,25,29). The van der Waals surface area contributed by atoms with Crippen LogP contribution in [-0.2, 0) is 13.0 Å². The molecule has 0 saturated heterocycles. The predicted molar refractivity (Wildman–Crippen MR) is 106 cm³/mol. The van der Waals surface area contributed by atoms with Crippen molar-refractivity contribution in [2.45, 2.75) is 39.0 Å². The van der Waals surface area contributed by atoms with Crippen molar-refractivity contribution in [3.05, 3.63) is 57.9 Å². The first-order valence-corrected chi connectivity index (χ1v) is 9.80. The molecule has 0 spiro atoms. The monoisotopic (exact) mass is 422 g/mol. The summed E-state index contributed by atoms with van der Waals surface area (Å²) >= 11 is 5.80. The lowest BCUT2D eigenvalue weighted by Crippen LogP contribution is -2.46. The summed E-state index contributed by atoms with van der Waals surface area (Å²) in [5.74, 6) is 0.474. The second kappa shape index (κ2) is 9.02. The molecule has 156 valence electrons. The van der Waals surface area contributed by atoms with Crippen molar-refractivity contribution in [1.82, 2.24) is 20.2 Å². The number of hydrogen-bond donors (Lipinski definition) is 3. The van der Waals surface area contributed by atoms with Gasteiger partial charge < -0.3 is 20.4 Å². The maximum absolute atomic E-state index is 13.4. The van der Waals surface area contributed by atoms with Gasteiger partial charge in [0.25, 0.3) is 0 Å². The number of carbonyl (C=O) groups is 1. The van der Waals surface area contributed by atoms with Crippen molar-refractivity contribution < 1.29 is 19.4 Å². The Kier molecular flexibility index (Phi) is 6.66. The highest BCUT2D eigenvalue weighted by Gasteiger charge is 2.30. The van der Waals surface area contributed by atoms with Crippen LogP contribution < -0.4 is 5.32 Å². The zero-order valence-corrected chi connectivity index (χ0v) is 17.0. The summed E-state index contributed by atoms with van der Waals surface area (Å²) in [5, 5.41) is 22.7. The van der Waals surface area contributed by atoms with E-state index in [2.05, 4.69) is 29.1 Å². The normalized spacial score (nSPS) is 17.2. The van der Waals surface area contributed by atoms with E-state index in [1.807, 2.05) is 0 Å². The smallest absolute Gasteiger partial charge is 0.318 e. The number of carbonyl (C=O) groups excluding carboxylic acids is 1. The molecule has 1 aliphatic rings. The Morgan fingerprint density at radius 2 is 2.21 bits per heavy atom. The second-order valence-electron chi connectivity index (χ2n) is 7.54. The molecule has 0 bridgehead atoms. The average Bonchev–Trinajstić information content (AvgIpc) is 2.67. The van der Waals surface area contributed by atoms with Crippen LogP contribution in [0.5, 0.6) is 0 Å². The zero-order chi connectivity index (χ0) is 21.1. The van der Waals surface area contributed by atoms with E-state index in [1.54, 1.807) is 6.20 Å². The fraction of sp³-hybridized carbons (Fsp3) is 0.450. The van der Waals surface area contributed by atoms with Crippen LogP contribution in [0.15, 0.2) is 24.4 Å². The summed E-state index contributed by atoms with van der Waals surface area (Å²) in [6.07, 6.45) is 1.43. The first-order valence-electron chi connectivity index (χ1n) is 9.42. The van der Waals surface area contributed by atoms with Gasteiger partial charge in [0.05, 0.1) is 42.6 Å². The summed E-state index contributed by atoms with van der Waals surface area (Å²) in [4.78, 5) is 23.0. The highest BCUT2D eigenvalue weighted by Crippen LogP contribution is 2.26. The summed E-state index contributed by atoms with van der Waals surface area (Å²) in [7, 11) is 0. The van der Waals surface area contributed by atoms with Gasteiger partial charge in [0.15, 0.2) is 0 Å². The Balaban J connectivity index is 1.75. The number of nitrogens with one attached hydrogen (secondary N) is 1. The van der Waals surface area contributed by atoms with E-state index < -0.39 is 24.0 Å². The molecule has 0 aliphatic carbocycles. The molecule has 1 aromatic heterocycles. The van der Waals surface area contributed by atoms with Gasteiger partial charge in [-0.1, -0.05) is 31.5 Å². The molecular weight excluding hydrogens is 399 g/mol. The molecule has 2 heterocycles. The third-order valence-corrected chi connectivity index (χ3v) is 5.04. The van der Waals surface area contributed by atoms with Gasteiger partial charge in [-0.15, -0.1) is 0 Å². The number of halogens is 2. The molecule has 0 radical (unpaired) electrons. The van der Waals surface area contributed by atoms with Crippen LogP contribution in [0.25, 0.3) is 0 Å². The van der Waals surface area contributed by atoms with Crippen molar-refractivity contribution in [3.63, 3.8) is 0 Å². The van der Waals surface area contributed by atoms with Crippen molar-refractivity contribution >= 4 is 17.6 Å². The minimum Gasteiger partial charge on any atom is -0.394 e. The third-order valence-electron chi connectivity index (χ3n) is 4.75. The van der Waals surface area contributed by atoms with Crippen molar-refractivity contribution in [1.29, 1.82) is 0 Å². The van der Waals surface area contributed by atoms with E-state index in [0.29, 0.717) is 35.0 Å². The van der Waals surface area contributed by atoms with E-state index in [-0.39, 0.29) is 24.7 Å². The Hall–Kier alpha value is -2.29. The molecular formula is C20H24ClFN4O3. The number of aliphatic hydroxyl groups is 2. The topological polar surface area (TPSA) is 98.6 Å². The number of rotatable bonds is 5. The first-order chi connectivity index (χ1) is 13.8. The minimum atomic E-state index is -0.898. The summed E-state index contributed by atoms with van der Waals surface area (Å²) in [6, 6.07) is 2.76. The summed E-state index contributed by atoms with van der Waals surface area (Å²) < 4.78 is 13.4. The van der Waals surface area contributed by atoms with Gasteiger partial charge in [0.1, 0.15) is 11.6 Å². The zero-order valence-electron chi connectivity index (χ0n) is 16.3. The maximum atomic E-state index is 13.4. The number of aliphatic hydroxyl groups excluding tert-OH is 2. The molecule has 3 rings (SSSR count). The van der Waals surface area contributed by atoms with Crippen LogP contribution in [-0.4, -0.2) is 44.3 Å². The molecule has 2 unspecified atom stereocenters. The highest BCUT2D eigenvalue weighted by molar-refractivity contribution is 6.30. The Bertz CT molecular complexity index is 896. The Labute approximate surface area is 173 Å². The lowest BCUT2D eigenvalue weighted by molar-refractivity contribution is 0.0993. The van der Waals surface area contributed by atoms with E-state index in [9.17, 15) is 19.4 Å². The molecule has 2 aromatic rings. The molecule has 2 amide bonds. The molecule has 0 saturated carbocycles. The van der Waals surface area contributed by atoms with Crippen LogP contribution in [0, 0.1) is 11.7 Å². The van der Waals surface area contributed by atoms with Gasteiger partial charge in [-0.25, -0.2) is 19.2 Å². The number of hydrogen-bond acceptors (Lipinski definition) is 5. The SMILES string of the molecule is CC(C)Cc1ncc2c(n1)CN(C(=O)NC(CO)c1ccc(F)c(Cl)c1)CC2O. The van der Waals surface area contributed by atoms with E-state index >= 15 is 0 Å². The van der Waals surface area contributed by atoms with Crippen molar-refractivity contribution in [3.8, 4) is 0 Å². The first kappa shape index (κ1) is 21.4. The minimum absolute atomic E-state index is 0.0774. The molecule has 9 heteroatoms. The number of benzene rings is 1. The number of amides is 2. The van der Waals surface area contributed by atoms with Crippen LogP contribution >= 0.6 is 11.6 Å². The van der Waals surface area contributed by atoms with Crippen molar-refractivity contribution in [2.75, 3.05) is 13.2 Å². The maximum Gasteiger partial charge on any atom is 0.318 e. The highest BCUT2D eigenvalue weighted by atomic mass is 35.5. The molecule has 1 aromatic carbocycles. The number of nitrogens with zero attached hydrogens (tertiary/aromatic N) is 3. The number of β-amino-alcohol motifs (C(OH)–C–C–N with tert-alkyl or cyclic N) is 1. The van der Waals surface area contributed by atoms with E-state index in [1.165, 1.54) is 23.1 Å². The van der Waals surface area contributed by atoms with E-state index in [4.69, 9.17) is 11.6 Å². The van der Waals surface area contributed by atoms with Crippen molar-refractivity contribution in [2.24, 2.45) is 5.92 Å². The van der Waals surface area contributed by atoms with Gasteiger partial charge in [-0.05, 0) is 23.6 Å². The lowest BCUT2D eigenvalue weighted by atomic mass is 10.0. The second-order valence-corrected chi connectivity index (χ2v) is 7.95. The van der Waals surface area contributed by atoms with Gasteiger partial charge in [-0.2, -0.15) is 0 Å². The number of urea groups is 1. The molecule has 3 N–H and O–H groups in total. The Morgan fingerprint density at radius 3 is 2.86 bits per heavy atom. The number of fused-ring (bicyclic) bond motifs is 1. The summed E-state index contributed by atoms with van der Waals surface area (Å²) in [5.41, 5.74) is 1.70. The van der Waals surface area contributed by atoms with Crippen LogP contribution in [0.2, 0.25) is 5.02 Å². The van der Waals surface area contributed by atoms with Crippen LogP contribution in [0.3, 0.4) is 0 Å². The predicted octanol–water partition coefficient (Wildman–Crippen LogP) is 2.76. The fourth-order valence-corrected chi connectivity index (χ4v) is 3.44. The average molecular weight is 423 g/mol. The molecule has 0 fully saturated rings. The van der Waals surface area contributed by atoms with Crippen LogP contribution in [0.4, 0.5) is 9.18 Å². The van der Waals surface area contributed by atoms with Gasteiger partial charge >= 0.3 is 6.03 Å². The third kappa shape index (κ3) is 5.01. The van der Waals surface area contributed by atoms with E-state index in [0.717, 1.165) is 0 Å². The fourth-order valence-electron chi connectivity index (χ4n) is 3.25. The lowest BCUT2D eigenvalue weighted by Gasteiger charge is -2.32. The van der Waals surface area contributed by atoms with Gasteiger partial charge in [-0.3, -0.25) is 0 Å². The molecule has 2 atom stereocenters.